The van der Waals surface area contributed by atoms with E-state index in [9.17, 15) is 4.79 Å². The topological polar surface area (TPSA) is 85.8 Å². The molecule has 0 spiro atoms. The largest absolute Gasteiger partial charge is 0.361 e. The molecule has 0 radical (unpaired) electrons. The number of hydrogen-bond donors (Lipinski definition) is 1. The van der Waals surface area contributed by atoms with Crippen molar-refractivity contribution in [2.45, 2.75) is 52.6 Å². The molecule has 3 heterocycles. The number of aromatic nitrogens is 4. The van der Waals surface area contributed by atoms with E-state index in [1.54, 1.807) is 0 Å². The SMILES string of the molecule is Cc1noc(C)c1CC(=O)N[C@H]1CCc2nnc(C)n2C1. The summed E-state index contributed by atoms with van der Waals surface area (Å²) >= 11 is 0. The number of amides is 1. The van der Waals surface area contributed by atoms with Crippen LogP contribution in [0.25, 0.3) is 0 Å². The van der Waals surface area contributed by atoms with Crippen LogP contribution in [-0.4, -0.2) is 31.9 Å². The first-order valence-electron chi connectivity index (χ1n) is 7.14. The van der Waals surface area contributed by atoms with Gasteiger partial charge in [0.15, 0.2) is 0 Å². The van der Waals surface area contributed by atoms with Gasteiger partial charge in [0, 0.05) is 24.6 Å². The van der Waals surface area contributed by atoms with E-state index in [2.05, 4.69) is 25.2 Å². The number of nitrogens with one attached hydrogen (secondary N) is 1. The van der Waals surface area contributed by atoms with Crippen LogP contribution in [0.5, 0.6) is 0 Å². The normalized spacial score (nSPS) is 17.6. The van der Waals surface area contributed by atoms with Crippen molar-refractivity contribution in [3.05, 3.63) is 28.7 Å². The van der Waals surface area contributed by atoms with Gasteiger partial charge in [0.1, 0.15) is 17.4 Å². The van der Waals surface area contributed by atoms with Gasteiger partial charge in [0.2, 0.25) is 5.91 Å². The van der Waals surface area contributed by atoms with E-state index in [-0.39, 0.29) is 11.9 Å². The van der Waals surface area contributed by atoms with Crippen molar-refractivity contribution in [3.8, 4) is 0 Å². The van der Waals surface area contributed by atoms with E-state index in [4.69, 9.17) is 4.52 Å². The summed E-state index contributed by atoms with van der Waals surface area (Å²) in [4.78, 5) is 12.2. The van der Waals surface area contributed by atoms with Crippen LogP contribution in [0.1, 0.15) is 35.1 Å². The molecule has 2 aromatic heterocycles. The third-order valence-electron chi connectivity index (χ3n) is 4.02. The van der Waals surface area contributed by atoms with E-state index >= 15 is 0 Å². The molecule has 1 aliphatic heterocycles. The van der Waals surface area contributed by atoms with Crippen molar-refractivity contribution >= 4 is 5.91 Å². The molecule has 0 aromatic carbocycles. The zero-order chi connectivity index (χ0) is 15.0. The summed E-state index contributed by atoms with van der Waals surface area (Å²) in [5.74, 6) is 2.62. The maximum Gasteiger partial charge on any atom is 0.224 e. The Balaban J connectivity index is 1.63. The average Bonchev–Trinajstić information content (AvgIpc) is 2.97. The Hall–Kier alpha value is -2.18. The van der Waals surface area contributed by atoms with Gasteiger partial charge in [-0.15, -0.1) is 10.2 Å². The van der Waals surface area contributed by atoms with Crippen molar-refractivity contribution in [2.24, 2.45) is 0 Å². The zero-order valence-corrected chi connectivity index (χ0v) is 12.5. The molecule has 7 heteroatoms. The molecule has 0 fully saturated rings. The highest BCUT2D eigenvalue weighted by Gasteiger charge is 2.23. The van der Waals surface area contributed by atoms with E-state index < -0.39 is 0 Å². The van der Waals surface area contributed by atoms with Crippen molar-refractivity contribution in [1.29, 1.82) is 0 Å². The lowest BCUT2D eigenvalue weighted by molar-refractivity contribution is -0.121. The van der Waals surface area contributed by atoms with Gasteiger partial charge in [-0.3, -0.25) is 4.79 Å². The van der Waals surface area contributed by atoms with Gasteiger partial charge in [-0.25, -0.2) is 0 Å². The zero-order valence-electron chi connectivity index (χ0n) is 12.5. The molecule has 0 aliphatic carbocycles. The van der Waals surface area contributed by atoms with Gasteiger partial charge in [0.25, 0.3) is 0 Å². The van der Waals surface area contributed by atoms with Crippen LogP contribution in [-0.2, 0) is 24.2 Å². The van der Waals surface area contributed by atoms with E-state index in [1.807, 2.05) is 20.8 Å². The van der Waals surface area contributed by atoms with Crippen molar-refractivity contribution in [1.82, 2.24) is 25.2 Å². The lowest BCUT2D eigenvalue weighted by atomic mass is 10.1. The predicted octanol–water partition coefficient (Wildman–Crippen LogP) is 0.865. The van der Waals surface area contributed by atoms with Gasteiger partial charge in [-0.2, -0.15) is 0 Å². The Bertz CT molecular complexity index is 653. The second kappa shape index (κ2) is 5.31. The molecule has 7 nitrogen and oxygen atoms in total. The first-order valence-corrected chi connectivity index (χ1v) is 7.14. The number of hydrogen-bond acceptors (Lipinski definition) is 5. The Kier molecular flexibility index (Phi) is 3.48. The van der Waals surface area contributed by atoms with Gasteiger partial charge in [-0.05, 0) is 27.2 Å². The summed E-state index contributed by atoms with van der Waals surface area (Å²) in [7, 11) is 0. The average molecular weight is 289 g/mol. The number of aryl methyl sites for hydroxylation is 4. The summed E-state index contributed by atoms with van der Waals surface area (Å²) in [6, 6.07) is 0.125. The molecule has 1 amide bonds. The van der Waals surface area contributed by atoms with E-state index in [1.165, 1.54) is 0 Å². The molecule has 112 valence electrons. The summed E-state index contributed by atoms with van der Waals surface area (Å²) in [6.07, 6.45) is 2.05. The first kappa shape index (κ1) is 13.8. The highest BCUT2D eigenvalue weighted by Crippen LogP contribution is 2.16. The van der Waals surface area contributed by atoms with Crippen LogP contribution in [0.4, 0.5) is 0 Å². The maximum atomic E-state index is 12.2. The number of carbonyl (C=O) groups excluding carboxylic acids is 1. The fourth-order valence-corrected chi connectivity index (χ4v) is 2.77. The number of carbonyl (C=O) groups is 1. The number of fused-ring (bicyclic) bond motifs is 1. The quantitative estimate of drug-likeness (QED) is 0.906. The maximum absolute atomic E-state index is 12.2. The molecule has 1 N–H and O–H groups in total. The summed E-state index contributed by atoms with van der Waals surface area (Å²) in [5.41, 5.74) is 1.66. The Labute approximate surface area is 122 Å². The Morgan fingerprint density at radius 3 is 2.90 bits per heavy atom. The summed E-state index contributed by atoms with van der Waals surface area (Å²) in [5, 5.41) is 15.2. The van der Waals surface area contributed by atoms with Gasteiger partial charge < -0.3 is 14.4 Å². The second-order valence-electron chi connectivity index (χ2n) is 5.56. The molecular formula is C14H19N5O2. The molecule has 21 heavy (non-hydrogen) atoms. The Morgan fingerprint density at radius 2 is 2.19 bits per heavy atom. The van der Waals surface area contributed by atoms with Crippen LogP contribution < -0.4 is 5.32 Å². The van der Waals surface area contributed by atoms with E-state index in [0.29, 0.717) is 12.2 Å². The molecule has 1 atom stereocenters. The van der Waals surface area contributed by atoms with Gasteiger partial charge >= 0.3 is 0 Å². The first-order chi connectivity index (χ1) is 10.0. The Morgan fingerprint density at radius 1 is 1.38 bits per heavy atom. The minimum Gasteiger partial charge on any atom is -0.361 e. The van der Waals surface area contributed by atoms with Crippen LogP contribution >= 0.6 is 0 Å². The van der Waals surface area contributed by atoms with Crippen molar-refractivity contribution < 1.29 is 9.32 Å². The van der Waals surface area contributed by atoms with Crippen LogP contribution in [0.15, 0.2) is 4.52 Å². The summed E-state index contributed by atoms with van der Waals surface area (Å²) in [6.45, 7) is 6.36. The second-order valence-corrected chi connectivity index (χ2v) is 5.56. The van der Waals surface area contributed by atoms with Crippen LogP contribution in [0.3, 0.4) is 0 Å². The lowest BCUT2D eigenvalue weighted by Crippen LogP contribution is -2.42. The smallest absolute Gasteiger partial charge is 0.224 e. The fourth-order valence-electron chi connectivity index (χ4n) is 2.77. The third-order valence-corrected chi connectivity index (χ3v) is 4.02. The molecule has 0 unspecified atom stereocenters. The molecule has 0 bridgehead atoms. The number of rotatable bonds is 3. The standard InChI is InChI=1S/C14H19N5O2/c1-8-12(9(2)21-18-8)6-14(20)15-11-4-5-13-17-16-10(3)19(13)7-11/h11H,4-7H2,1-3H3,(H,15,20)/t11-/m0/s1. The molecule has 0 saturated carbocycles. The fraction of sp³-hybridized carbons (Fsp3) is 0.571. The highest BCUT2D eigenvalue weighted by atomic mass is 16.5. The predicted molar refractivity (Wildman–Crippen MR) is 74.7 cm³/mol. The molecular weight excluding hydrogens is 270 g/mol. The van der Waals surface area contributed by atoms with Gasteiger partial charge in [0.05, 0.1) is 12.1 Å². The third kappa shape index (κ3) is 2.68. The highest BCUT2D eigenvalue weighted by molar-refractivity contribution is 5.79. The number of nitrogens with zero attached hydrogens (tertiary/aromatic N) is 4. The molecule has 2 aromatic rings. The molecule has 3 rings (SSSR count). The van der Waals surface area contributed by atoms with Crippen LogP contribution in [0.2, 0.25) is 0 Å². The molecule has 0 saturated heterocycles. The minimum atomic E-state index is 0.00331. The van der Waals surface area contributed by atoms with Crippen LogP contribution in [0, 0.1) is 20.8 Å². The monoisotopic (exact) mass is 289 g/mol. The van der Waals surface area contributed by atoms with Crippen molar-refractivity contribution in [3.63, 3.8) is 0 Å². The van der Waals surface area contributed by atoms with Gasteiger partial charge in [-0.1, -0.05) is 5.16 Å². The summed E-state index contributed by atoms with van der Waals surface area (Å²) < 4.78 is 7.16. The molecule has 1 aliphatic rings. The lowest BCUT2D eigenvalue weighted by Gasteiger charge is -2.24. The van der Waals surface area contributed by atoms with E-state index in [0.717, 1.165) is 42.3 Å². The van der Waals surface area contributed by atoms with Crippen molar-refractivity contribution in [2.75, 3.05) is 0 Å². The minimum absolute atomic E-state index is 0.00331.